The van der Waals surface area contributed by atoms with E-state index in [9.17, 15) is 4.79 Å². The van der Waals surface area contributed by atoms with Gasteiger partial charge in [-0.25, -0.2) is 5.43 Å². The number of nitrogens with one attached hydrogen (secondary N) is 3. The zero-order valence-corrected chi connectivity index (χ0v) is 15.1. The minimum absolute atomic E-state index is 0.0288. The van der Waals surface area contributed by atoms with Crippen LogP contribution in [0.25, 0.3) is 0 Å². The van der Waals surface area contributed by atoms with E-state index >= 15 is 0 Å². The van der Waals surface area contributed by atoms with E-state index in [-0.39, 0.29) is 17.9 Å². The first-order valence-corrected chi connectivity index (χ1v) is 9.57. The van der Waals surface area contributed by atoms with Crippen molar-refractivity contribution < 1.29 is 4.79 Å². The molecule has 0 aromatic heterocycles. The Labute approximate surface area is 146 Å². The van der Waals surface area contributed by atoms with Gasteiger partial charge < -0.3 is 5.32 Å². The van der Waals surface area contributed by atoms with Crippen LogP contribution in [0.5, 0.6) is 0 Å². The number of rotatable bonds is 3. The first kappa shape index (κ1) is 16.9. The van der Waals surface area contributed by atoms with Crippen molar-refractivity contribution in [2.24, 2.45) is 5.92 Å². The molecule has 3 N–H and O–H groups in total. The molecule has 1 heterocycles. The third kappa shape index (κ3) is 4.55. The van der Waals surface area contributed by atoms with E-state index in [1.54, 1.807) is 0 Å². The van der Waals surface area contributed by atoms with Gasteiger partial charge >= 0.3 is 0 Å². The molecule has 1 aromatic rings. The SMILES string of the molecule is O=C(NC1CCCCCCC1)C1CNNC1c1cccc(Br)c1. The molecule has 1 saturated heterocycles. The number of hydrogen-bond donors (Lipinski definition) is 3. The maximum absolute atomic E-state index is 12.8. The van der Waals surface area contributed by atoms with Crippen molar-refractivity contribution in [3.8, 4) is 0 Å². The van der Waals surface area contributed by atoms with Gasteiger partial charge in [-0.2, -0.15) is 0 Å². The van der Waals surface area contributed by atoms with Crippen molar-refractivity contribution in [2.45, 2.75) is 57.0 Å². The summed E-state index contributed by atoms with van der Waals surface area (Å²) in [6.45, 7) is 0.676. The van der Waals surface area contributed by atoms with Gasteiger partial charge in [-0.1, -0.05) is 60.2 Å². The monoisotopic (exact) mass is 379 g/mol. The van der Waals surface area contributed by atoms with E-state index in [2.05, 4.69) is 44.2 Å². The van der Waals surface area contributed by atoms with Gasteiger partial charge in [0.05, 0.1) is 12.0 Å². The van der Waals surface area contributed by atoms with Gasteiger partial charge in [-0.05, 0) is 30.5 Å². The first-order valence-electron chi connectivity index (χ1n) is 8.78. The zero-order chi connectivity index (χ0) is 16.1. The smallest absolute Gasteiger partial charge is 0.226 e. The fraction of sp³-hybridized carbons (Fsp3) is 0.611. The number of benzene rings is 1. The molecule has 2 aliphatic rings. The van der Waals surface area contributed by atoms with Gasteiger partial charge in [0.15, 0.2) is 0 Å². The highest BCUT2D eigenvalue weighted by molar-refractivity contribution is 9.10. The third-order valence-corrected chi connectivity index (χ3v) is 5.47. The molecule has 0 bridgehead atoms. The summed E-state index contributed by atoms with van der Waals surface area (Å²) in [5.41, 5.74) is 7.55. The molecule has 5 heteroatoms. The van der Waals surface area contributed by atoms with E-state index in [0.717, 1.165) is 22.9 Å². The average Bonchev–Trinajstić information content (AvgIpc) is 2.99. The van der Waals surface area contributed by atoms with Gasteiger partial charge in [0.25, 0.3) is 0 Å². The Morgan fingerprint density at radius 3 is 2.61 bits per heavy atom. The van der Waals surface area contributed by atoms with Crippen LogP contribution in [0, 0.1) is 5.92 Å². The number of amides is 1. The van der Waals surface area contributed by atoms with E-state index in [4.69, 9.17) is 0 Å². The Hall–Kier alpha value is -0.910. The van der Waals surface area contributed by atoms with Crippen molar-refractivity contribution >= 4 is 21.8 Å². The third-order valence-electron chi connectivity index (χ3n) is 4.98. The van der Waals surface area contributed by atoms with Crippen molar-refractivity contribution in [3.63, 3.8) is 0 Å². The second kappa shape index (κ2) is 8.27. The summed E-state index contributed by atoms with van der Waals surface area (Å²) < 4.78 is 1.04. The fourth-order valence-corrected chi connectivity index (χ4v) is 4.08. The minimum atomic E-state index is -0.0604. The molecule has 1 saturated carbocycles. The molecule has 126 valence electrons. The minimum Gasteiger partial charge on any atom is -0.353 e. The van der Waals surface area contributed by atoms with E-state index in [0.29, 0.717) is 12.6 Å². The number of hydrazine groups is 1. The highest BCUT2D eigenvalue weighted by Crippen LogP contribution is 2.27. The lowest BCUT2D eigenvalue weighted by molar-refractivity contribution is -0.125. The molecule has 1 aliphatic heterocycles. The van der Waals surface area contributed by atoms with Crippen LogP contribution < -0.4 is 16.2 Å². The summed E-state index contributed by atoms with van der Waals surface area (Å²) in [6, 6.07) is 8.57. The van der Waals surface area contributed by atoms with E-state index < -0.39 is 0 Å². The predicted molar refractivity (Wildman–Crippen MR) is 95.8 cm³/mol. The second-order valence-corrected chi connectivity index (χ2v) is 7.63. The Morgan fingerprint density at radius 2 is 1.87 bits per heavy atom. The molecular formula is C18H26BrN3O. The highest BCUT2D eigenvalue weighted by Gasteiger charge is 2.34. The van der Waals surface area contributed by atoms with Gasteiger partial charge in [-0.3, -0.25) is 10.2 Å². The quantitative estimate of drug-likeness (QED) is 0.753. The predicted octanol–water partition coefficient (Wildman–Crippen LogP) is 3.44. The molecule has 1 aliphatic carbocycles. The Bertz CT molecular complexity index is 529. The van der Waals surface area contributed by atoms with Crippen molar-refractivity contribution in [1.82, 2.24) is 16.2 Å². The van der Waals surface area contributed by atoms with E-state index in [1.807, 2.05) is 12.1 Å². The van der Waals surface area contributed by atoms with Crippen LogP contribution >= 0.6 is 15.9 Å². The van der Waals surface area contributed by atoms with Gasteiger partial charge in [0.2, 0.25) is 5.91 Å². The molecule has 2 unspecified atom stereocenters. The Kier molecular flexibility index (Phi) is 6.08. The molecule has 3 rings (SSSR count). The molecule has 1 amide bonds. The number of halogens is 1. The van der Waals surface area contributed by atoms with Crippen molar-refractivity contribution in [3.05, 3.63) is 34.3 Å². The van der Waals surface area contributed by atoms with E-state index in [1.165, 1.54) is 32.1 Å². The van der Waals surface area contributed by atoms with Crippen LogP contribution in [0.1, 0.15) is 56.6 Å². The standard InChI is InChI=1S/C18H26BrN3O/c19-14-8-6-7-13(11-14)17-16(12-20-22-17)18(23)21-15-9-4-2-1-3-5-10-15/h6-8,11,15-17,20,22H,1-5,9-10,12H2,(H,21,23). The lowest BCUT2D eigenvalue weighted by Crippen LogP contribution is -2.41. The zero-order valence-electron chi connectivity index (χ0n) is 13.5. The molecular weight excluding hydrogens is 354 g/mol. The summed E-state index contributed by atoms with van der Waals surface area (Å²) in [4.78, 5) is 12.8. The van der Waals surface area contributed by atoms with Crippen LogP contribution in [-0.4, -0.2) is 18.5 Å². The fourth-order valence-electron chi connectivity index (χ4n) is 3.67. The van der Waals surface area contributed by atoms with Crippen LogP contribution in [-0.2, 0) is 4.79 Å². The van der Waals surface area contributed by atoms with Gasteiger partial charge in [0, 0.05) is 17.1 Å². The first-order chi connectivity index (χ1) is 11.2. The summed E-state index contributed by atoms with van der Waals surface area (Å²) in [6.07, 6.45) is 8.69. The summed E-state index contributed by atoms with van der Waals surface area (Å²) in [5.74, 6) is 0.118. The lowest BCUT2D eigenvalue weighted by Gasteiger charge is -2.24. The van der Waals surface area contributed by atoms with Crippen molar-refractivity contribution in [2.75, 3.05) is 6.54 Å². The lowest BCUT2D eigenvalue weighted by atomic mass is 9.92. The molecule has 4 nitrogen and oxygen atoms in total. The summed E-state index contributed by atoms with van der Waals surface area (Å²) in [7, 11) is 0. The molecule has 2 fully saturated rings. The van der Waals surface area contributed by atoms with Gasteiger partial charge in [0.1, 0.15) is 0 Å². The Morgan fingerprint density at radius 1 is 1.13 bits per heavy atom. The number of hydrogen-bond acceptors (Lipinski definition) is 3. The summed E-state index contributed by atoms with van der Waals surface area (Å²) in [5, 5.41) is 3.31. The maximum atomic E-state index is 12.8. The normalized spacial score (nSPS) is 26.5. The maximum Gasteiger partial charge on any atom is 0.226 e. The molecule has 23 heavy (non-hydrogen) atoms. The Balaban J connectivity index is 1.63. The topological polar surface area (TPSA) is 53.2 Å². The average molecular weight is 380 g/mol. The molecule has 0 spiro atoms. The molecule has 0 radical (unpaired) electrons. The molecule has 2 atom stereocenters. The van der Waals surface area contributed by atoms with Crippen LogP contribution in [0.4, 0.5) is 0 Å². The van der Waals surface area contributed by atoms with Crippen LogP contribution in [0.2, 0.25) is 0 Å². The second-order valence-electron chi connectivity index (χ2n) is 6.72. The molecule has 1 aromatic carbocycles. The van der Waals surface area contributed by atoms with Crippen LogP contribution in [0.15, 0.2) is 28.7 Å². The number of carbonyl (C=O) groups is 1. The summed E-state index contributed by atoms with van der Waals surface area (Å²) >= 11 is 3.51. The largest absolute Gasteiger partial charge is 0.353 e. The number of carbonyl (C=O) groups excluding carboxylic acids is 1. The van der Waals surface area contributed by atoms with Gasteiger partial charge in [-0.15, -0.1) is 0 Å². The van der Waals surface area contributed by atoms with Crippen LogP contribution in [0.3, 0.4) is 0 Å². The van der Waals surface area contributed by atoms with Crippen molar-refractivity contribution in [1.29, 1.82) is 0 Å². The highest BCUT2D eigenvalue weighted by atomic mass is 79.9.